The number of anilines is 2. The SMILES string of the molecule is CCC1CCCCN1c1nc2ccc(N)cc2c(=O)[nH]1. The summed E-state index contributed by atoms with van der Waals surface area (Å²) < 4.78 is 0. The van der Waals surface area contributed by atoms with E-state index in [4.69, 9.17) is 5.73 Å². The van der Waals surface area contributed by atoms with Crippen LogP contribution in [0.25, 0.3) is 10.9 Å². The lowest BCUT2D eigenvalue weighted by molar-refractivity contribution is 0.443. The number of aromatic amines is 1. The first kappa shape index (κ1) is 13.0. The number of benzene rings is 1. The van der Waals surface area contributed by atoms with Gasteiger partial charge in [-0.05, 0) is 43.9 Å². The summed E-state index contributed by atoms with van der Waals surface area (Å²) in [5, 5.41) is 0.554. The number of hydrogen-bond donors (Lipinski definition) is 2. The first-order valence-electron chi connectivity index (χ1n) is 7.25. The van der Waals surface area contributed by atoms with Crippen LogP contribution < -0.4 is 16.2 Å². The highest BCUT2D eigenvalue weighted by molar-refractivity contribution is 5.81. The molecule has 106 valence electrons. The van der Waals surface area contributed by atoms with E-state index in [0.29, 0.717) is 28.6 Å². The normalized spacial score (nSPS) is 19.4. The van der Waals surface area contributed by atoms with E-state index >= 15 is 0 Å². The number of nitrogens with two attached hydrogens (primary N) is 1. The van der Waals surface area contributed by atoms with Crippen LogP contribution in [0.5, 0.6) is 0 Å². The lowest BCUT2D eigenvalue weighted by atomic mass is 10.0. The predicted molar refractivity (Wildman–Crippen MR) is 82.1 cm³/mol. The van der Waals surface area contributed by atoms with Gasteiger partial charge in [-0.25, -0.2) is 4.98 Å². The average Bonchev–Trinajstić information content (AvgIpc) is 2.47. The Morgan fingerprint density at radius 3 is 3.10 bits per heavy atom. The lowest BCUT2D eigenvalue weighted by Gasteiger charge is -2.35. The fraction of sp³-hybridized carbons (Fsp3) is 0.467. The number of H-pyrrole nitrogens is 1. The molecule has 1 atom stereocenters. The van der Waals surface area contributed by atoms with Gasteiger partial charge in [0.15, 0.2) is 0 Å². The molecule has 2 aromatic rings. The highest BCUT2D eigenvalue weighted by atomic mass is 16.1. The number of piperidine rings is 1. The van der Waals surface area contributed by atoms with Crippen molar-refractivity contribution in [3.63, 3.8) is 0 Å². The summed E-state index contributed by atoms with van der Waals surface area (Å²) in [6, 6.07) is 5.75. The van der Waals surface area contributed by atoms with Crippen molar-refractivity contribution in [2.75, 3.05) is 17.2 Å². The second-order valence-electron chi connectivity index (χ2n) is 5.42. The van der Waals surface area contributed by atoms with Gasteiger partial charge in [-0.3, -0.25) is 9.78 Å². The van der Waals surface area contributed by atoms with Gasteiger partial charge in [-0.1, -0.05) is 6.92 Å². The number of nitrogens with one attached hydrogen (secondary N) is 1. The Morgan fingerprint density at radius 2 is 2.30 bits per heavy atom. The van der Waals surface area contributed by atoms with Crippen LogP contribution in [-0.4, -0.2) is 22.6 Å². The van der Waals surface area contributed by atoms with E-state index in [1.54, 1.807) is 12.1 Å². The molecule has 0 saturated carbocycles. The highest BCUT2D eigenvalue weighted by Gasteiger charge is 2.23. The van der Waals surface area contributed by atoms with Crippen molar-refractivity contribution in [2.45, 2.75) is 38.6 Å². The van der Waals surface area contributed by atoms with Crippen LogP contribution in [0.1, 0.15) is 32.6 Å². The van der Waals surface area contributed by atoms with Crippen LogP contribution in [0.3, 0.4) is 0 Å². The molecular weight excluding hydrogens is 252 g/mol. The summed E-state index contributed by atoms with van der Waals surface area (Å²) in [6.45, 7) is 3.14. The van der Waals surface area contributed by atoms with E-state index in [1.807, 2.05) is 6.07 Å². The molecule has 5 nitrogen and oxygen atoms in total. The van der Waals surface area contributed by atoms with Crippen LogP contribution in [0.4, 0.5) is 11.6 Å². The van der Waals surface area contributed by atoms with Crippen LogP contribution >= 0.6 is 0 Å². The predicted octanol–water partition coefficient (Wildman–Crippen LogP) is 2.27. The molecule has 0 spiro atoms. The van der Waals surface area contributed by atoms with Gasteiger partial charge in [-0.2, -0.15) is 0 Å². The maximum atomic E-state index is 12.2. The standard InChI is InChI=1S/C15H20N4O/c1-2-11-5-3-4-8-19(11)15-17-13-7-6-10(16)9-12(13)14(20)18-15/h6-7,9,11H,2-5,8,16H2,1H3,(H,17,18,20). The van der Waals surface area contributed by atoms with E-state index in [0.717, 1.165) is 19.4 Å². The van der Waals surface area contributed by atoms with Gasteiger partial charge in [0.2, 0.25) is 5.95 Å². The summed E-state index contributed by atoms with van der Waals surface area (Å²) in [5.74, 6) is 0.693. The summed E-state index contributed by atoms with van der Waals surface area (Å²) in [5.41, 5.74) is 6.90. The maximum absolute atomic E-state index is 12.2. The Labute approximate surface area is 117 Å². The Kier molecular flexibility index (Phi) is 3.34. The average molecular weight is 272 g/mol. The van der Waals surface area contributed by atoms with Crippen molar-refractivity contribution in [3.05, 3.63) is 28.6 Å². The van der Waals surface area contributed by atoms with Crippen molar-refractivity contribution in [2.24, 2.45) is 0 Å². The minimum absolute atomic E-state index is 0.113. The zero-order valence-corrected chi connectivity index (χ0v) is 11.7. The summed E-state index contributed by atoms with van der Waals surface area (Å²) in [6.07, 6.45) is 4.65. The molecule has 20 heavy (non-hydrogen) atoms. The molecule has 1 aliphatic heterocycles. The first-order valence-corrected chi connectivity index (χ1v) is 7.25. The Balaban J connectivity index is 2.08. The van der Waals surface area contributed by atoms with Crippen molar-refractivity contribution in [1.82, 2.24) is 9.97 Å². The fourth-order valence-corrected chi connectivity index (χ4v) is 2.98. The van der Waals surface area contributed by atoms with Crippen molar-refractivity contribution < 1.29 is 0 Å². The third-order valence-electron chi connectivity index (χ3n) is 4.09. The largest absolute Gasteiger partial charge is 0.399 e. The summed E-state index contributed by atoms with van der Waals surface area (Å²) in [7, 11) is 0. The van der Waals surface area contributed by atoms with Gasteiger partial charge in [-0.15, -0.1) is 0 Å². The quantitative estimate of drug-likeness (QED) is 0.822. The van der Waals surface area contributed by atoms with Gasteiger partial charge in [0.1, 0.15) is 0 Å². The molecule has 1 fully saturated rings. The Bertz CT molecular complexity index is 679. The van der Waals surface area contributed by atoms with Crippen molar-refractivity contribution in [3.8, 4) is 0 Å². The Hall–Kier alpha value is -2.04. The lowest BCUT2D eigenvalue weighted by Crippen LogP contribution is -2.41. The number of aromatic nitrogens is 2. The molecule has 2 heterocycles. The van der Waals surface area contributed by atoms with E-state index in [-0.39, 0.29) is 5.56 Å². The molecular formula is C15H20N4O. The minimum atomic E-state index is -0.113. The molecule has 1 saturated heterocycles. The monoisotopic (exact) mass is 272 g/mol. The maximum Gasteiger partial charge on any atom is 0.260 e. The third kappa shape index (κ3) is 2.24. The molecule has 0 radical (unpaired) electrons. The number of nitrogen functional groups attached to an aromatic ring is 1. The van der Waals surface area contributed by atoms with E-state index in [1.165, 1.54) is 12.8 Å². The van der Waals surface area contributed by atoms with E-state index in [2.05, 4.69) is 21.8 Å². The number of hydrogen-bond acceptors (Lipinski definition) is 4. The smallest absolute Gasteiger partial charge is 0.260 e. The molecule has 1 unspecified atom stereocenters. The zero-order chi connectivity index (χ0) is 14.1. The summed E-state index contributed by atoms with van der Waals surface area (Å²) in [4.78, 5) is 22.0. The van der Waals surface area contributed by atoms with Crippen LogP contribution in [-0.2, 0) is 0 Å². The van der Waals surface area contributed by atoms with E-state index < -0.39 is 0 Å². The zero-order valence-electron chi connectivity index (χ0n) is 11.7. The Morgan fingerprint density at radius 1 is 1.45 bits per heavy atom. The topological polar surface area (TPSA) is 75.0 Å². The number of fused-ring (bicyclic) bond motifs is 1. The number of rotatable bonds is 2. The molecule has 0 bridgehead atoms. The van der Waals surface area contributed by atoms with Crippen molar-refractivity contribution in [1.29, 1.82) is 0 Å². The van der Waals surface area contributed by atoms with Crippen LogP contribution in [0.2, 0.25) is 0 Å². The van der Waals surface area contributed by atoms with Gasteiger partial charge in [0, 0.05) is 18.3 Å². The highest BCUT2D eigenvalue weighted by Crippen LogP contribution is 2.24. The molecule has 0 amide bonds. The second kappa shape index (κ2) is 5.15. The first-order chi connectivity index (χ1) is 9.69. The van der Waals surface area contributed by atoms with E-state index in [9.17, 15) is 4.79 Å². The van der Waals surface area contributed by atoms with Gasteiger partial charge in [0.05, 0.1) is 10.9 Å². The molecule has 3 N–H and O–H groups in total. The molecule has 5 heteroatoms. The van der Waals surface area contributed by atoms with Crippen LogP contribution in [0, 0.1) is 0 Å². The molecule has 1 aromatic heterocycles. The minimum Gasteiger partial charge on any atom is -0.399 e. The van der Waals surface area contributed by atoms with Crippen LogP contribution in [0.15, 0.2) is 23.0 Å². The molecule has 1 aromatic carbocycles. The van der Waals surface area contributed by atoms with Crippen molar-refractivity contribution >= 4 is 22.5 Å². The molecule has 0 aliphatic carbocycles. The van der Waals surface area contributed by atoms with Gasteiger partial charge in [0.25, 0.3) is 5.56 Å². The summed E-state index contributed by atoms with van der Waals surface area (Å²) >= 11 is 0. The number of nitrogens with zero attached hydrogens (tertiary/aromatic N) is 2. The van der Waals surface area contributed by atoms with Gasteiger partial charge >= 0.3 is 0 Å². The third-order valence-corrected chi connectivity index (χ3v) is 4.09. The molecule has 3 rings (SSSR count). The molecule has 1 aliphatic rings. The second-order valence-corrected chi connectivity index (χ2v) is 5.42. The van der Waals surface area contributed by atoms with Gasteiger partial charge < -0.3 is 10.6 Å². The fourth-order valence-electron chi connectivity index (χ4n) is 2.98.